The molecule has 0 spiro atoms. The first-order valence-electron chi connectivity index (χ1n) is 9.52. The average Bonchev–Trinajstić information content (AvgIpc) is 3.13. The number of ether oxygens (including phenoxy) is 1. The van der Waals surface area contributed by atoms with Crippen LogP contribution in [-0.4, -0.2) is 31.1 Å². The van der Waals surface area contributed by atoms with Gasteiger partial charge in [0.2, 0.25) is 5.89 Å². The Labute approximate surface area is 185 Å². The van der Waals surface area contributed by atoms with Crippen molar-refractivity contribution in [2.45, 2.75) is 52.5 Å². The lowest BCUT2D eigenvalue weighted by atomic mass is 9.94. The van der Waals surface area contributed by atoms with Crippen LogP contribution in [0.1, 0.15) is 51.3 Å². The van der Waals surface area contributed by atoms with E-state index in [1.807, 2.05) is 12.1 Å². The van der Waals surface area contributed by atoms with Gasteiger partial charge < -0.3 is 19.8 Å². The molecule has 7 heteroatoms. The summed E-state index contributed by atoms with van der Waals surface area (Å²) in [7, 11) is 1.69. The molecule has 0 radical (unpaired) electrons. The lowest BCUT2D eigenvalue weighted by Crippen LogP contribution is -2.37. The van der Waals surface area contributed by atoms with Crippen molar-refractivity contribution >= 4 is 29.9 Å². The number of halogens is 1. The van der Waals surface area contributed by atoms with E-state index in [0.29, 0.717) is 12.4 Å². The first-order valence-corrected chi connectivity index (χ1v) is 9.52. The van der Waals surface area contributed by atoms with Crippen molar-refractivity contribution < 1.29 is 9.15 Å². The molecule has 0 fully saturated rings. The quantitative estimate of drug-likeness (QED) is 0.245. The lowest BCUT2D eigenvalue weighted by Gasteiger charge is -2.13. The number of aromatic nitrogens is 1. The number of nitrogens with one attached hydrogen (secondary N) is 2. The standard InChI is InChI=1S/C21H32N4O2.HI/c1-6-22-20(25-15-19-24-14-18(27-19)21(2,3)4)23-12-8-10-16-9-7-11-17(13-16)26-5;/h7,9,11,13-14H,6,8,10,12,15H2,1-5H3,(H2,22,23,25);1H. The van der Waals surface area contributed by atoms with E-state index in [1.165, 1.54) is 5.56 Å². The van der Waals surface area contributed by atoms with Gasteiger partial charge in [-0.2, -0.15) is 0 Å². The summed E-state index contributed by atoms with van der Waals surface area (Å²) in [4.78, 5) is 8.90. The maximum Gasteiger partial charge on any atom is 0.216 e. The van der Waals surface area contributed by atoms with Crippen molar-refractivity contribution in [2.75, 3.05) is 20.2 Å². The SMILES string of the molecule is CCNC(=NCc1ncc(C(C)(C)C)o1)NCCCc1cccc(OC)c1.I. The number of hydrogen-bond acceptors (Lipinski definition) is 4. The van der Waals surface area contributed by atoms with Gasteiger partial charge >= 0.3 is 0 Å². The first kappa shape index (κ1) is 24.3. The Morgan fingerprint density at radius 3 is 2.68 bits per heavy atom. The second-order valence-corrected chi connectivity index (χ2v) is 7.45. The van der Waals surface area contributed by atoms with Gasteiger partial charge in [0.1, 0.15) is 18.1 Å². The molecule has 2 rings (SSSR count). The first-order chi connectivity index (χ1) is 12.9. The zero-order valence-electron chi connectivity index (χ0n) is 17.5. The summed E-state index contributed by atoms with van der Waals surface area (Å²) >= 11 is 0. The predicted octanol–water partition coefficient (Wildman–Crippen LogP) is 4.29. The molecule has 0 saturated carbocycles. The minimum Gasteiger partial charge on any atom is -0.497 e. The number of methoxy groups -OCH3 is 1. The van der Waals surface area contributed by atoms with Crippen molar-refractivity contribution in [3.63, 3.8) is 0 Å². The molecule has 2 N–H and O–H groups in total. The van der Waals surface area contributed by atoms with E-state index in [2.05, 4.69) is 60.4 Å². The molecule has 156 valence electrons. The van der Waals surface area contributed by atoms with E-state index < -0.39 is 0 Å². The fourth-order valence-electron chi connectivity index (χ4n) is 2.55. The maximum atomic E-state index is 5.80. The van der Waals surface area contributed by atoms with Gasteiger partial charge in [0.15, 0.2) is 5.96 Å². The van der Waals surface area contributed by atoms with Crippen molar-refractivity contribution in [1.82, 2.24) is 15.6 Å². The molecule has 28 heavy (non-hydrogen) atoms. The molecule has 0 bridgehead atoms. The summed E-state index contributed by atoms with van der Waals surface area (Å²) < 4.78 is 11.1. The average molecular weight is 500 g/mol. The Morgan fingerprint density at radius 2 is 2.04 bits per heavy atom. The van der Waals surface area contributed by atoms with Crippen LogP contribution in [0, 0.1) is 0 Å². The van der Waals surface area contributed by atoms with E-state index in [9.17, 15) is 0 Å². The monoisotopic (exact) mass is 500 g/mol. The number of guanidine groups is 1. The third-order valence-corrected chi connectivity index (χ3v) is 4.08. The Morgan fingerprint density at radius 1 is 1.25 bits per heavy atom. The third kappa shape index (κ3) is 8.08. The van der Waals surface area contributed by atoms with Crippen LogP contribution in [0.5, 0.6) is 5.75 Å². The van der Waals surface area contributed by atoms with Gasteiger partial charge in [0.25, 0.3) is 0 Å². The molecule has 0 aliphatic carbocycles. The number of rotatable bonds is 8. The number of hydrogen-bond donors (Lipinski definition) is 2. The molecular formula is C21H33IN4O2. The minimum absolute atomic E-state index is 0. The van der Waals surface area contributed by atoms with Gasteiger partial charge in [0, 0.05) is 18.5 Å². The number of nitrogens with zero attached hydrogens (tertiary/aromatic N) is 2. The van der Waals surface area contributed by atoms with Crippen molar-refractivity contribution in [1.29, 1.82) is 0 Å². The highest BCUT2D eigenvalue weighted by Gasteiger charge is 2.18. The Balaban J connectivity index is 0.00000392. The summed E-state index contributed by atoms with van der Waals surface area (Å²) in [5.41, 5.74) is 1.23. The maximum absolute atomic E-state index is 5.80. The molecular weight excluding hydrogens is 467 g/mol. The number of aliphatic imine (C=N–C) groups is 1. The summed E-state index contributed by atoms with van der Waals surface area (Å²) in [6.07, 6.45) is 3.78. The highest BCUT2D eigenvalue weighted by atomic mass is 127. The Hall–Kier alpha value is -1.77. The van der Waals surface area contributed by atoms with Gasteiger partial charge in [0.05, 0.1) is 13.3 Å². The number of benzene rings is 1. The van der Waals surface area contributed by atoms with Crippen LogP contribution < -0.4 is 15.4 Å². The van der Waals surface area contributed by atoms with Gasteiger partial charge in [-0.3, -0.25) is 0 Å². The molecule has 1 aromatic carbocycles. The van der Waals surface area contributed by atoms with Gasteiger partial charge in [-0.25, -0.2) is 9.98 Å². The third-order valence-electron chi connectivity index (χ3n) is 4.08. The van der Waals surface area contributed by atoms with Gasteiger partial charge in [-0.05, 0) is 37.5 Å². The van der Waals surface area contributed by atoms with Crippen LogP contribution in [0.2, 0.25) is 0 Å². The summed E-state index contributed by atoms with van der Waals surface area (Å²) in [6, 6.07) is 8.19. The van der Waals surface area contributed by atoms with Gasteiger partial charge in [-0.15, -0.1) is 24.0 Å². The molecule has 6 nitrogen and oxygen atoms in total. The zero-order valence-corrected chi connectivity index (χ0v) is 19.9. The van der Waals surface area contributed by atoms with Crippen molar-refractivity contribution in [2.24, 2.45) is 4.99 Å². The van der Waals surface area contributed by atoms with Crippen LogP contribution in [0.4, 0.5) is 0 Å². The molecule has 0 aliphatic heterocycles. The molecule has 0 saturated heterocycles. The summed E-state index contributed by atoms with van der Waals surface area (Å²) in [5.74, 6) is 3.19. The molecule has 0 amide bonds. The van der Waals surface area contributed by atoms with E-state index in [1.54, 1.807) is 13.3 Å². The predicted molar refractivity (Wildman–Crippen MR) is 125 cm³/mol. The molecule has 1 heterocycles. The fraction of sp³-hybridized carbons (Fsp3) is 0.524. The lowest BCUT2D eigenvalue weighted by molar-refractivity contribution is 0.383. The highest BCUT2D eigenvalue weighted by Crippen LogP contribution is 2.22. The van der Waals surface area contributed by atoms with Crippen molar-refractivity contribution in [3.8, 4) is 5.75 Å². The van der Waals surface area contributed by atoms with Crippen LogP contribution in [0.15, 0.2) is 39.9 Å². The van der Waals surface area contributed by atoms with Crippen LogP contribution >= 0.6 is 24.0 Å². The van der Waals surface area contributed by atoms with Crippen LogP contribution in [0.3, 0.4) is 0 Å². The summed E-state index contributed by atoms with van der Waals surface area (Å²) in [6.45, 7) is 10.4. The Bertz CT molecular complexity index is 738. The summed E-state index contributed by atoms with van der Waals surface area (Å²) in [5, 5.41) is 6.62. The van der Waals surface area contributed by atoms with Gasteiger partial charge in [-0.1, -0.05) is 32.9 Å². The topological polar surface area (TPSA) is 71.7 Å². The van der Waals surface area contributed by atoms with Crippen LogP contribution in [-0.2, 0) is 18.4 Å². The highest BCUT2D eigenvalue weighted by molar-refractivity contribution is 14.0. The van der Waals surface area contributed by atoms with Crippen LogP contribution in [0.25, 0.3) is 0 Å². The second kappa shape index (κ2) is 11.9. The molecule has 0 aliphatic rings. The second-order valence-electron chi connectivity index (χ2n) is 7.45. The number of aryl methyl sites for hydroxylation is 1. The van der Waals surface area contributed by atoms with Crippen molar-refractivity contribution in [3.05, 3.63) is 47.7 Å². The van der Waals surface area contributed by atoms with E-state index >= 15 is 0 Å². The van der Waals surface area contributed by atoms with E-state index in [0.717, 1.165) is 43.4 Å². The zero-order chi connectivity index (χ0) is 19.7. The largest absolute Gasteiger partial charge is 0.497 e. The van der Waals surface area contributed by atoms with E-state index in [4.69, 9.17) is 9.15 Å². The molecule has 2 aromatic rings. The molecule has 0 unspecified atom stereocenters. The van der Waals surface area contributed by atoms with E-state index in [-0.39, 0.29) is 29.4 Å². The number of oxazole rings is 1. The smallest absolute Gasteiger partial charge is 0.216 e. The molecule has 1 aromatic heterocycles. The fourth-order valence-corrected chi connectivity index (χ4v) is 2.55. The Kier molecular flexibility index (Phi) is 10.3. The normalized spacial score (nSPS) is 11.7. The molecule has 0 atom stereocenters. The minimum atomic E-state index is -0.0438.